The van der Waals surface area contributed by atoms with Gasteiger partial charge in [0.15, 0.2) is 5.16 Å². The van der Waals surface area contributed by atoms with E-state index in [0.29, 0.717) is 12.5 Å². The van der Waals surface area contributed by atoms with E-state index < -0.39 is 0 Å². The molecule has 2 aromatic carbocycles. The van der Waals surface area contributed by atoms with Crippen LogP contribution >= 0.6 is 11.8 Å². The second-order valence-corrected chi connectivity index (χ2v) is 9.65. The number of nitrogens with zero attached hydrogens (tertiary/aromatic N) is 3. The van der Waals surface area contributed by atoms with Gasteiger partial charge in [-0.15, -0.1) is 10.2 Å². The van der Waals surface area contributed by atoms with Crippen molar-refractivity contribution in [3.05, 3.63) is 71.5 Å². The van der Waals surface area contributed by atoms with Crippen LogP contribution in [0.1, 0.15) is 61.9 Å². The minimum Gasteiger partial charge on any atom is -0.353 e. The molecule has 168 valence electrons. The lowest BCUT2D eigenvalue weighted by Gasteiger charge is -2.22. The normalized spacial score (nSPS) is 14.4. The SMILES string of the molecule is Cc1ccc(-n2c(Cc3ccccc3)nnc2SCCCC(=O)NC2CCCCC2)cc1. The molecule has 1 fully saturated rings. The second kappa shape index (κ2) is 11.3. The Bertz CT molecular complexity index is 994. The highest BCUT2D eigenvalue weighted by Crippen LogP contribution is 2.25. The highest BCUT2D eigenvalue weighted by atomic mass is 32.2. The maximum Gasteiger partial charge on any atom is 0.220 e. The molecule has 0 bridgehead atoms. The molecule has 1 aliphatic carbocycles. The molecular weight excluding hydrogens is 416 g/mol. The molecular formula is C26H32N4OS. The van der Waals surface area contributed by atoms with E-state index in [2.05, 4.69) is 75.5 Å². The maximum absolute atomic E-state index is 12.3. The first kappa shape index (κ1) is 22.6. The quantitative estimate of drug-likeness (QED) is 0.347. The monoisotopic (exact) mass is 448 g/mol. The number of amides is 1. The van der Waals surface area contributed by atoms with Crippen molar-refractivity contribution in [2.45, 2.75) is 69.5 Å². The number of carbonyl (C=O) groups is 1. The van der Waals surface area contributed by atoms with Gasteiger partial charge in [-0.3, -0.25) is 9.36 Å². The van der Waals surface area contributed by atoms with E-state index in [1.54, 1.807) is 11.8 Å². The number of aryl methyl sites for hydroxylation is 1. The zero-order valence-electron chi connectivity index (χ0n) is 18.8. The number of benzene rings is 2. The van der Waals surface area contributed by atoms with Gasteiger partial charge in [0.1, 0.15) is 5.82 Å². The Balaban J connectivity index is 1.39. The molecule has 0 atom stereocenters. The third-order valence-corrected chi connectivity index (χ3v) is 6.96. The molecule has 4 rings (SSSR count). The van der Waals surface area contributed by atoms with Gasteiger partial charge >= 0.3 is 0 Å². The van der Waals surface area contributed by atoms with Crippen LogP contribution in [0.3, 0.4) is 0 Å². The van der Waals surface area contributed by atoms with Crippen molar-refractivity contribution in [2.24, 2.45) is 0 Å². The van der Waals surface area contributed by atoms with Crippen LogP contribution in [0, 0.1) is 6.92 Å². The first-order valence-electron chi connectivity index (χ1n) is 11.7. The van der Waals surface area contributed by atoms with Crippen LogP contribution in [0.4, 0.5) is 0 Å². The van der Waals surface area contributed by atoms with Gasteiger partial charge in [0, 0.05) is 30.3 Å². The fourth-order valence-electron chi connectivity index (χ4n) is 4.18. The van der Waals surface area contributed by atoms with Crippen LogP contribution < -0.4 is 5.32 Å². The predicted octanol–water partition coefficient (Wildman–Crippen LogP) is 5.49. The standard InChI is InChI=1S/C26H32N4OS/c1-20-14-16-23(17-15-20)30-24(19-21-9-4-2-5-10-21)28-29-26(30)32-18-8-13-25(31)27-22-11-6-3-7-12-22/h2,4-5,9-10,14-17,22H,3,6-8,11-13,18-19H2,1H3,(H,27,31). The fourth-order valence-corrected chi connectivity index (χ4v) is 5.09. The average Bonchev–Trinajstić information content (AvgIpc) is 3.21. The number of hydrogen-bond acceptors (Lipinski definition) is 4. The lowest BCUT2D eigenvalue weighted by Crippen LogP contribution is -2.36. The first-order chi connectivity index (χ1) is 15.7. The van der Waals surface area contributed by atoms with Crippen LogP contribution in [-0.2, 0) is 11.2 Å². The van der Waals surface area contributed by atoms with Crippen molar-refractivity contribution in [1.29, 1.82) is 0 Å². The molecule has 0 aliphatic heterocycles. The number of carbonyl (C=O) groups excluding carboxylic acids is 1. The largest absolute Gasteiger partial charge is 0.353 e. The van der Waals surface area contributed by atoms with Gasteiger partial charge in [-0.05, 0) is 43.9 Å². The van der Waals surface area contributed by atoms with Crippen LogP contribution in [0.5, 0.6) is 0 Å². The molecule has 1 N–H and O–H groups in total. The highest BCUT2D eigenvalue weighted by Gasteiger charge is 2.17. The molecule has 1 aromatic heterocycles. The third kappa shape index (κ3) is 6.22. The summed E-state index contributed by atoms with van der Waals surface area (Å²) < 4.78 is 2.15. The van der Waals surface area contributed by atoms with Gasteiger partial charge in [0.2, 0.25) is 5.91 Å². The second-order valence-electron chi connectivity index (χ2n) is 8.59. The zero-order chi connectivity index (χ0) is 22.2. The summed E-state index contributed by atoms with van der Waals surface area (Å²) >= 11 is 1.67. The zero-order valence-corrected chi connectivity index (χ0v) is 19.6. The van der Waals surface area contributed by atoms with Gasteiger partial charge in [-0.2, -0.15) is 0 Å². The topological polar surface area (TPSA) is 59.8 Å². The summed E-state index contributed by atoms with van der Waals surface area (Å²) in [5.74, 6) is 1.95. The van der Waals surface area contributed by atoms with Gasteiger partial charge in [-0.25, -0.2) is 0 Å². The van der Waals surface area contributed by atoms with Crippen molar-refractivity contribution in [3.63, 3.8) is 0 Å². The molecule has 1 amide bonds. The molecule has 1 aliphatic rings. The van der Waals surface area contributed by atoms with E-state index in [4.69, 9.17) is 0 Å². The highest BCUT2D eigenvalue weighted by molar-refractivity contribution is 7.99. The molecule has 0 unspecified atom stereocenters. The smallest absolute Gasteiger partial charge is 0.220 e. The molecule has 32 heavy (non-hydrogen) atoms. The molecule has 0 spiro atoms. The van der Waals surface area contributed by atoms with Crippen molar-refractivity contribution < 1.29 is 4.79 Å². The van der Waals surface area contributed by atoms with Gasteiger partial charge < -0.3 is 5.32 Å². The fraction of sp³-hybridized carbons (Fsp3) is 0.423. The number of rotatable bonds is 9. The number of nitrogens with one attached hydrogen (secondary N) is 1. The van der Waals surface area contributed by atoms with Crippen molar-refractivity contribution in [2.75, 3.05) is 5.75 Å². The van der Waals surface area contributed by atoms with E-state index in [1.165, 1.54) is 30.4 Å². The molecule has 6 heteroatoms. The van der Waals surface area contributed by atoms with Gasteiger partial charge in [0.25, 0.3) is 0 Å². The van der Waals surface area contributed by atoms with Crippen molar-refractivity contribution >= 4 is 17.7 Å². The Kier molecular flexibility index (Phi) is 7.99. The third-order valence-electron chi connectivity index (χ3n) is 5.95. The van der Waals surface area contributed by atoms with E-state index in [0.717, 1.165) is 48.1 Å². The molecule has 5 nitrogen and oxygen atoms in total. The Hall–Kier alpha value is -2.60. The lowest BCUT2D eigenvalue weighted by molar-refractivity contribution is -0.122. The molecule has 0 radical (unpaired) electrons. The summed E-state index contributed by atoms with van der Waals surface area (Å²) in [7, 11) is 0. The maximum atomic E-state index is 12.3. The van der Waals surface area contributed by atoms with E-state index in [1.807, 2.05) is 6.07 Å². The van der Waals surface area contributed by atoms with Crippen molar-refractivity contribution in [1.82, 2.24) is 20.1 Å². The van der Waals surface area contributed by atoms with Gasteiger partial charge in [0.05, 0.1) is 0 Å². The molecule has 1 heterocycles. The Morgan fingerprint density at radius 1 is 1.03 bits per heavy atom. The summed E-state index contributed by atoms with van der Waals surface area (Å²) in [6, 6.07) is 19.2. The van der Waals surface area contributed by atoms with E-state index in [-0.39, 0.29) is 5.91 Å². The first-order valence-corrected chi connectivity index (χ1v) is 12.6. The van der Waals surface area contributed by atoms with E-state index in [9.17, 15) is 4.79 Å². The molecule has 3 aromatic rings. The van der Waals surface area contributed by atoms with Crippen LogP contribution in [0.15, 0.2) is 59.8 Å². The summed E-state index contributed by atoms with van der Waals surface area (Å²) in [5.41, 5.74) is 3.51. The Morgan fingerprint density at radius 3 is 2.53 bits per heavy atom. The Labute approximate surface area is 195 Å². The van der Waals surface area contributed by atoms with Gasteiger partial charge in [-0.1, -0.05) is 79.1 Å². The summed E-state index contributed by atoms with van der Waals surface area (Å²) in [6.07, 6.45) is 8.16. The number of aromatic nitrogens is 3. The van der Waals surface area contributed by atoms with Crippen LogP contribution in [-0.4, -0.2) is 32.5 Å². The number of thioether (sulfide) groups is 1. The average molecular weight is 449 g/mol. The Morgan fingerprint density at radius 2 is 1.78 bits per heavy atom. The van der Waals surface area contributed by atoms with Crippen LogP contribution in [0.2, 0.25) is 0 Å². The predicted molar refractivity (Wildman–Crippen MR) is 130 cm³/mol. The van der Waals surface area contributed by atoms with Crippen LogP contribution in [0.25, 0.3) is 5.69 Å². The summed E-state index contributed by atoms with van der Waals surface area (Å²) in [4.78, 5) is 12.3. The lowest BCUT2D eigenvalue weighted by atomic mass is 9.95. The molecule has 1 saturated carbocycles. The summed E-state index contributed by atoms with van der Waals surface area (Å²) in [5, 5.41) is 13.1. The number of hydrogen-bond donors (Lipinski definition) is 1. The molecule has 0 saturated heterocycles. The van der Waals surface area contributed by atoms with Crippen molar-refractivity contribution in [3.8, 4) is 5.69 Å². The minimum absolute atomic E-state index is 0.183. The van der Waals surface area contributed by atoms with E-state index >= 15 is 0 Å². The summed E-state index contributed by atoms with van der Waals surface area (Å²) in [6.45, 7) is 2.09. The minimum atomic E-state index is 0.183.